The van der Waals surface area contributed by atoms with E-state index < -0.39 is 25.8 Å². The van der Waals surface area contributed by atoms with Gasteiger partial charge in [0.05, 0.1) is 18.2 Å². The van der Waals surface area contributed by atoms with Crippen molar-refractivity contribution >= 4 is 19.1 Å². The van der Waals surface area contributed by atoms with E-state index in [4.69, 9.17) is 24.2 Å². The fourth-order valence-corrected chi connectivity index (χ4v) is 5.93. The number of hydrogen-bond acceptors (Lipinski definition) is 9. The lowest BCUT2D eigenvalue weighted by Crippen LogP contribution is -2.22. The van der Waals surface area contributed by atoms with Crippen LogP contribution >= 0.6 is 0 Å². The topological polar surface area (TPSA) is 115 Å². The standard InChI is InChI=1S/C32H36F4N8O3Si/c1-6-43-15-23(32(34,35)36)40-29(43)26-22(33)13-19(14-37-26)16-47-30-21-9-10-44(18-46-11-12-48(3,4)5)28(21)41-27(42-30)24-25(20-7-8-20)38-17-39-31(24)45-2/h9-10,13-15,17,20H,6-8,11-12,16,18H2,1-5H3. The van der Waals surface area contributed by atoms with E-state index in [1.165, 1.54) is 30.3 Å². The van der Waals surface area contributed by atoms with Crippen LogP contribution in [0.2, 0.25) is 25.7 Å². The zero-order chi connectivity index (χ0) is 34.2. The molecular weight excluding hydrogens is 648 g/mol. The summed E-state index contributed by atoms with van der Waals surface area (Å²) in [4.78, 5) is 26.3. The second kappa shape index (κ2) is 13.2. The Hall–Kier alpha value is -4.44. The van der Waals surface area contributed by atoms with Crippen LogP contribution in [0.15, 0.2) is 37.1 Å². The molecular formula is C32H36F4N8O3Si. The number of rotatable bonds is 13. The van der Waals surface area contributed by atoms with Crippen molar-refractivity contribution in [2.75, 3.05) is 13.7 Å². The molecule has 11 nitrogen and oxygen atoms in total. The number of pyridine rings is 1. The van der Waals surface area contributed by atoms with Crippen molar-refractivity contribution < 1.29 is 31.8 Å². The molecule has 0 atom stereocenters. The fraction of sp³-hybridized carbons (Fsp3) is 0.438. The Bertz CT molecular complexity index is 1940. The van der Waals surface area contributed by atoms with Gasteiger partial charge in [-0.2, -0.15) is 18.2 Å². The molecule has 0 aromatic carbocycles. The van der Waals surface area contributed by atoms with Crippen molar-refractivity contribution in [2.24, 2.45) is 0 Å². The maximum atomic E-state index is 15.3. The van der Waals surface area contributed by atoms with Crippen LogP contribution in [-0.2, 0) is 30.8 Å². The minimum absolute atomic E-state index is 0.137. The quantitative estimate of drug-likeness (QED) is 0.0728. The minimum Gasteiger partial charge on any atom is -0.480 e. The zero-order valence-corrected chi connectivity index (χ0v) is 28.3. The van der Waals surface area contributed by atoms with Crippen molar-refractivity contribution in [3.8, 4) is 34.7 Å². The van der Waals surface area contributed by atoms with Crippen molar-refractivity contribution in [2.45, 2.75) is 77.4 Å². The Morgan fingerprint density at radius 3 is 2.48 bits per heavy atom. The van der Waals surface area contributed by atoms with Gasteiger partial charge in [0.15, 0.2) is 23.2 Å². The first-order valence-corrected chi connectivity index (χ1v) is 19.3. The third-order valence-corrected chi connectivity index (χ3v) is 9.63. The van der Waals surface area contributed by atoms with Gasteiger partial charge in [-0.1, -0.05) is 19.6 Å². The number of ether oxygens (including phenoxy) is 3. The minimum atomic E-state index is -4.67. The van der Waals surface area contributed by atoms with Gasteiger partial charge in [0.1, 0.15) is 36.6 Å². The Labute approximate surface area is 275 Å². The van der Waals surface area contributed by atoms with E-state index >= 15 is 4.39 Å². The number of imidazole rings is 1. The monoisotopic (exact) mass is 684 g/mol. The first-order valence-electron chi connectivity index (χ1n) is 15.6. The number of alkyl halides is 3. The molecule has 5 aromatic heterocycles. The highest BCUT2D eigenvalue weighted by molar-refractivity contribution is 6.76. The molecule has 0 bridgehead atoms. The van der Waals surface area contributed by atoms with Gasteiger partial charge in [-0.3, -0.25) is 0 Å². The molecule has 1 fully saturated rings. The summed E-state index contributed by atoms with van der Waals surface area (Å²) in [5.74, 6) is 0.0640. The first kappa shape index (κ1) is 33.5. The van der Waals surface area contributed by atoms with Gasteiger partial charge in [-0.25, -0.2) is 29.3 Å². The van der Waals surface area contributed by atoms with Crippen molar-refractivity contribution in [1.82, 2.24) is 39.0 Å². The van der Waals surface area contributed by atoms with Gasteiger partial charge in [-0.15, -0.1) is 0 Å². The molecule has 254 valence electrons. The Kier molecular flexibility index (Phi) is 9.22. The second-order valence-corrected chi connectivity index (χ2v) is 18.5. The number of methoxy groups -OCH3 is 1. The van der Waals surface area contributed by atoms with E-state index in [0.717, 1.165) is 30.8 Å². The van der Waals surface area contributed by atoms with Gasteiger partial charge in [-0.05, 0) is 37.9 Å². The molecule has 0 saturated heterocycles. The summed E-state index contributed by atoms with van der Waals surface area (Å²) in [6, 6.07) is 4.00. The Morgan fingerprint density at radius 1 is 1.02 bits per heavy atom. The van der Waals surface area contributed by atoms with E-state index in [1.54, 1.807) is 6.92 Å². The normalized spacial score (nSPS) is 13.8. The van der Waals surface area contributed by atoms with Crippen LogP contribution in [-0.4, -0.2) is 60.8 Å². The van der Waals surface area contributed by atoms with Crippen LogP contribution in [0, 0.1) is 5.82 Å². The molecule has 1 saturated carbocycles. The number of fused-ring (bicyclic) bond motifs is 1. The van der Waals surface area contributed by atoms with Crippen molar-refractivity contribution in [1.29, 1.82) is 0 Å². The second-order valence-electron chi connectivity index (χ2n) is 12.8. The summed E-state index contributed by atoms with van der Waals surface area (Å²) >= 11 is 0. The lowest BCUT2D eigenvalue weighted by Gasteiger charge is -2.16. The maximum Gasteiger partial charge on any atom is 0.434 e. The van der Waals surface area contributed by atoms with E-state index in [2.05, 4.69) is 39.6 Å². The highest BCUT2D eigenvalue weighted by Crippen LogP contribution is 2.45. The predicted octanol–water partition coefficient (Wildman–Crippen LogP) is 7.10. The van der Waals surface area contributed by atoms with Crippen LogP contribution in [0.3, 0.4) is 0 Å². The summed E-state index contributed by atoms with van der Waals surface area (Å²) in [7, 11) is 0.236. The average molecular weight is 685 g/mol. The fourth-order valence-electron chi connectivity index (χ4n) is 5.17. The number of halogens is 4. The molecule has 0 amide bonds. The van der Waals surface area contributed by atoms with Gasteiger partial charge in [0.2, 0.25) is 11.8 Å². The number of nitrogens with zero attached hydrogens (tertiary/aromatic N) is 8. The number of hydrogen-bond donors (Lipinski definition) is 0. The smallest absolute Gasteiger partial charge is 0.434 e. The summed E-state index contributed by atoms with van der Waals surface area (Å²) < 4.78 is 76.1. The molecule has 48 heavy (non-hydrogen) atoms. The van der Waals surface area contributed by atoms with Crippen LogP contribution in [0.25, 0.3) is 33.9 Å². The predicted molar refractivity (Wildman–Crippen MR) is 172 cm³/mol. The molecule has 0 spiro atoms. The van der Waals surface area contributed by atoms with E-state index in [9.17, 15) is 13.2 Å². The molecule has 5 aromatic rings. The van der Waals surface area contributed by atoms with E-state index in [1.807, 2.05) is 16.8 Å². The van der Waals surface area contributed by atoms with Crippen molar-refractivity contribution in [3.05, 3.63) is 59.8 Å². The number of aromatic nitrogens is 8. The van der Waals surface area contributed by atoms with E-state index in [0.29, 0.717) is 40.5 Å². The molecule has 5 heterocycles. The molecule has 0 N–H and O–H groups in total. The van der Waals surface area contributed by atoms with E-state index in [-0.39, 0.29) is 43.2 Å². The summed E-state index contributed by atoms with van der Waals surface area (Å²) in [5, 5.41) is 0.603. The Morgan fingerprint density at radius 2 is 1.81 bits per heavy atom. The summed E-state index contributed by atoms with van der Waals surface area (Å²) in [6.07, 6.45) is 2.77. The van der Waals surface area contributed by atoms with Gasteiger partial charge in [0, 0.05) is 51.3 Å². The highest BCUT2D eigenvalue weighted by Gasteiger charge is 2.35. The lowest BCUT2D eigenvalue weighted by molar-refractivity contribution is -0.140. The number of aryl methyl sites for hydroxylation is 1. The molecule has 6 rings (SSSR count). The largest absolute Gasteiger partial charge is 0.480 e. The molecule has 1 aliphatic rings. The molecule has 16 heteroatoms. The SMILES string of the molecule is CCn1cc(C(F)(F)F)nc1-c1ncc(COc2nc(-c3c(OC)ncnc3C3CC3)nc3c2ccn3COCC[Si](C)(C)C)cc1F. The summed E-state index contributed by atoms with van der Waals surface area (Å²) in [6.45, 7) is 9.40. The van der Waals surface area contributed by atoms with Crippen LogP contribution in [0.5, 0.6) is 11.8 Å². The molecule has 0 radical (unpaired) electrons. The van der Waals surface area contributed by atoms with Crippen LogP contribution in [0.4, 0.5) is 17.6 Å². The molecule has 0 unspecified atom stereocenters. The third-order valence-electron chi connectivity index (χ3n) is 7.93. The zero-order valence-electron chi connectivity index (χ0n) is 27.3. The average Bonchev–Trinajstić information content (AvgIpc) is 3.66. The molecule has 0 aliphatic heterocycles. The highest BCUT2D eigenvalue weighted by atomic mass is 28.3. The molecule has 1 aliphatic carbocycles. The van der Waals surface area contributed by atoms with Crippen LogP contribution in [0.1, 0.15) is 42.6 Å². The maximum absolute atomic E-state index is 15.3. The third kappa shape index (κ3) is 7.18. The van der Waals surface area contributed by atoms with Gasteiger partial charge >= 0.3 is 6.18 Å². The van der Waals surface area contributed by atoms with Gasteiger partial charge < -0.3 is 23.3 Å². The Balaban J connectivity index is 1.33. The van der Waals surface area contributed by atoms with Crippen LogP contribution < -0.4 is 9.47 Å². The van der Waals surface area contributed by atoms with Gasteiger partial charge in [0.25, 0.3) is 0 Å². The summed E-state index contributed by atoms with van der Waals surface area (Å²) in [5.41, 5.74) is 0.847. The first-order chi connectivity index (χ1) is 22.9. The van der Waals surface area contributed by atoms with Crippen molar-refractivity contribution in [3.63, 3.8) is 0 Å². The lowest BCUT2D eigenvalue weighted by atomic mass is 10.1.